The first kappa shape index (κ1) is 15.1. The lowest BCUT2D eigenvalue weighted by Crippen LogP contribution is -2.01. The molecular weight excluding hydrogens is 292 g/mol. The van der Waals surface area contributed by atoms with Crippen LogP contribution in [-0.2, 0) is 11.2 Å². The lowest BCUT2D eigenvalue weighted by Gasteiger charge is -2.08. The topological polar surface area (TPSA) is 63.8 Å². The second kappa shape index (κ2) is 6.12. The van der Waals surface area contributed by atoms with Crippen LogP contribution in [0.25, 0.3) is 16.9 Å². The van der Waals surface area contributed by atoms with Crippen molar-refractivity contribution >= 4 is 11.6 Å². The van der Waals surface area contributed by atoms with Crippen LogP contribution in [0, 0.1) is 6.92 Å². The fourth-order valence-electron chi connectivity index (χ4n) is 2.77. The fourth-order valence-corrected chi connectivity index (χ4v) is 2.77. The van der Waals surface area contributed by atoms with Crippen LogP contribution in [0.3, 0.4) is 0 Å². The van der Waals surface area contributed by atoms with Gasteiger partial charge in [-0.2, -0.15) is 0 Å². The molecule has 118 valence electrons. The molecule has 3 rings (SSSR count). The zero-order chi connectivity index (χ0) is 16.4. The summed E-state index contributed by atoms with van der Waals surface area (Å²) in [6.45, 7) is 1.98. The van der Waals surface area contributed by atoms with E-state index < -0.39 is 5.97 Å². The Labute approximate surface area is 134 Å². The monoisotopic (exact) mass is 310 g/mol. The van der Waals surface area contributed by atoms with Crippen LogP contribution in [0.2, 0.25) is 0 Å². The van der Waals surface area contributed by atoms with Crippen LogP contribution in [0.1, 0.15) is 17.7 Å². The van der Waals surface area contributed by atoms with Gasteiger partial charge in [0, 0.05) is 18.2 Å². The molecule has 2 aromatic heterocycles. The molecule has 0 fully saturated rings. The molecule has 0 bridgehead atoms. The van der Waals surface area contributed by atoms with E-state index in [2.05, 4.69) is 4.98 Å². The van der Waals surface area contributed by atoms with Gasteiger partial charge in [0.05, 0.1) is 24.9 Å². The number of benzene rings is 1. The van der Waals surface area contributed by atoms with Crippen molar-refractivity contribution in [2.24, 2.45) is 0 Å². The molecule has 0 saturated carbocycles. The highest BCUT2D eigenvalue weighted by molar-refractivity contribution is 5.71. The smallest absolute Gasteiger partial charge is 0.303 e. The molecule has 0 unspecified atom stereocenters. The Morgan fingerprint density at radius 2 is 2.13 bits per heavy atom. The molecule has 23 heavy (non-hydrogen) atoms. The summed E-state index contributed by atoms with van der Waals surface area (Å²) in [5.74, 6) is 0.0114. The molecule has 0 atom stereocenters. The SMILES string of the molecule is COc1ccc(-c2nc3ccccn3c2CCC(=O)O)cc1C. The van der Waals surface area contributed by atoms with Gasteiger partial charge in [0.15, 0.2) is 0 Å². The number of pyridine rings is 1. The number of ether oxygens (including phenoxy) is 1. The Hall–Kier alpha value is -2.82. The van der Waals surface area contributed by atoms with Gasteiger partial charge in [-0.05, 0) is 42.8 Å². The lowest BCUT2D eigenvalue weighted by atomic mass is 10.0. The first-order chi connectivity index (χ1) is 11.1. The van der Waals surface area contributed by atoms with Crippen molar-refractivity contribution in [3.63, 3.8) is 0 Å². The van der Waals surface area contributed by atoms with Crippen molar-refractivity contribution in [2.45, 2.75) is 19.8 Å². The minimum atomic E-state index is -0.812. The van der Waals surface area contributed by atoms with Gasteiger partial charge in [0.25, 0.3) is 0 Å². The minimum absolute atomic E-state index is 0.0742. The number of imidazole rings is 1. The summed E-state index contributed by atoms with van der Waals surface area (Å²) in [5.41, 5.74) is 4.53. The van der Waals surface area contributed by atoms with E-state index in [1.165, 1.54) is 0 Å². The van der Waals surface area contributed by atoms with Gasteiger partial charge in [0.1, 0.15) is 11.4 Å². The number of carbonyl (C=O) groups is 1. The number of carboxylic acids is 1. The molecule has 0 spiro atoms. The summed E-state index contributed by atoms with van der Waals surface area (Å²) in [6.07, 6.45) is 2.42. The lowest BCUT2D eigenvalue weighted by molar-refractivity contribution is -0.136. The quantitative estimate of drug-likeness (QED) is 0.785. The zero-order valence-corrected chi connectivity index (χ0v) is 13.1. The van der Waals surface area contributed by atoms with Gasteiger partial charge in [-0.1, -0.05) is 6.07 Å². The Bertz CT molecular complexity index is 868. The highest BCUT2D eigenvalue weighted by Gasteiger charge is 2.15. The van der Waals surface area contributed by atoms with E-state index in [4.69, 9.17) is 9.84 Å². The number of fused-ring (bicyclic) bond motifs is 1. The molecule has 5 nitrogen and oxygen atoms in total. The number of rotatable bonds is 5. The third kappa shape index (κ3) is 2.90. The number of aryl methyl sites for hydroxylation is 2. The van der Waals surface area contributed by atoms with Crippen LogP contribution in [-0.4, -0.2) is 27.6 Å². The van der Waals surface area contributed by atoms with Crippen LogP contribution in [0.15, 0.2) is 42.6 Å². The summed E-state index contributed by atoms with van der Waals surface area (Å²) in [4.78, 5) is 15.7. The van der Waals surface area contributed by atoms with Gasteiger partial charge in [-0.3, -0.25) is 4.79 Å². The second-order valence-electron chi connectivity index (χ2n) is 5.41. The van der Waals surface area contributed by atoms with Crippen molar-refractivity contribution in [3.05, 3.63) is 53.9 Å². The highest BCUT2D eigenvalue weighted by atomic mass is 16.5. The molecule has 0 saturated heterocycles. The number of hydrogen-bond acceptors (Lipinski definition) is 3. The van der Waals surface area contributed by atoms with E-state index in [-0.39, 0.29) is 6.42 Å². The summed E-state index contributed by atoms with van der Waals surface area (Å²) in [5, 5.41) is 9.01. The maximum absolute atomic E-state index is 11.0. The van der Waals surface area contributed by atoms with Crippen molar-refractivity contribution < 1.29 is 14.6 Å². The van der Waals surface area contributed by atoms with E-state index in [0.717, 1.165) is 33.9 Å². The van der Waals surface area contributed by atoms with Crippen molar-refractivity contribution in [2.75, 3.05) is 7.11 Å². The van der Waals surface area contributed by atoms with E-state index in [1.54, 1.807) is 7.11 Å². The number of aliphatic carboxylic acids is 1. The summed E-state index contributed by atoms with van der Waals surface area (Å²) in [7, 11) is 1.64. The van der Waals surface area contributed by atoms with E-state index in [0.29, 0.717) is 6.42 Å². The molecule has 1 aromatic carbocycles. The maximum atomic E-state index is 11.0. The Kier molecular flexibility index (Phi) is 4.02. The fraction of sp³-hybridized carbons (Fsp3) is 0.222. The van der Waals surface area contributed by atoms with E-state index >= 15 is 0 Å². The maximum Gasteiger partial charge on any atom is 0.303 e. The Morgan fingerprint density at radius 1 is 1.30 bits per heavy atom. The highest BCUT2D eigenvalue weighted by Crippen LogP contribution is 2.29. The molecule has 3 aromatic rings. The van der Waals surface area contributed by atoms with E-state index in [9.17, 15) is 4.79 Å². The summed E-state index contributed by atoms with van der Waals surface area (Å²) >= 11 is 0. The second-order valence-corrected chi connectivity index (χ2v) is 5.41. The van der Waals surface area contributed by atoms with Crippen molar-refractivity contribution in [3.8, 4) is 17.0 Å². The van der Waals surface area contributed by atoms with Crippen LogP contribution in [0.4, 0.5) is 0 Å². The van der Waals surface area contributed by atoms with Crippen LogP contribution >= 0.6 is 0 Å². The number of aromatic nitrogens is 2. The summed E-state index contributed by atoms with van der Waals surface area (Å²) < 4.78 is 7.26. The number of nitrogens with zero attached hydrogens (tertiary/aromatic N) is 2. The Morgan fingerprint density at radius 3 is 2.83 bits per heavy atom. The average molecular weight is 310 g/mol. The van der Waals surface area contributed by atoms with E-state index in [1.807, 2.05) is 53.9 Å². The largest absolute Gasteiger partial charge is 0.496 e. The van der Waals surface area contributed by atoms with Crippen molar-refractivity contribution in [1.82, 2.24) is 9.38 Å². The predicted molar refractivity (Wildman–Crippen MR) is 87.9 cm³/mol. The normalized spacial score (nSPS) is 10.9. The zero-order valence-electron chi connectivity index (χ0n) is 13.1. The van der Waals surface area contributed by atoms with Gasteiger partial charge in [-0.25, -0.2) is 4.98 Å². The first-order valence-corrected chi connectivity index (χ1v) is 7.43. The predicted octanol–water partition coefficient (Wildman–Crippen LogP) is 3.34. The molecule has 2 heterocycles. The molecule has 1 N–H and O–H groups in total. The number of methoxy groups -OCH3 is 1. The Balaban J connectivity index is 2.13. The van der Waals surface area contributed by atoms with Gasteiger partial charge in [-0.15, -0.1) is 0 Å². The summed E-state index contributed by atoms with van der Waals surface area (Å²) in [6, 6.07) is 11.6. The molecular formula is C18H18N2O3. The minimum Gasteiger partial charge on any atom is -0.496 e. The molecule has 5 heteroatoms. The number of hydrogen-bond donors (Lipinski definition) is 1. The third-order valence-corrected chi connectivity index (χ3v) is 3.87. The van der Waals surface area contributed by atoms with Crippen LogP contribution < -0.4 is 4.74 Å². The standard InChI is InChI=1S/C18H18N2O3/c1-12-11-13(6-8-15(12)23-2)18-14(7-9-17(21)22)20-10-4-3-5-16(20)19-18/h3-6,8,10-11H,7,9H2,1-2H3,(H,21,22). The molecule has 0 aliphatic rings. The number of carboxylic acid groups (broad SMARTS) is 1. The van der Waals surface area contributed by atoms with Gasteiger partial charge >= 0.3 is 5.97 Å². The average Bonchev–Trinajstić information content (AvgIpc) is 2.91. The van der Waals surface area contributed by atoms with Crippen molar-refractivity contribution in [1.29, 1.82) is 0 Å². The third-order valence-electron chi connectivity index (χ3n) is 3.87. The molecule has 0 radical (unpaired) electrons. The van der Waals surface area contributed by atoms with Gasteiger partial charge in [0.2, 0.25) is 0 Å². The van der Waals surface area contributed by atoms with Crippen LogP contribution in [0.5, 0.6) is 5.75 Å². The first-order valence-electron chi connectivity index (χ1n) is 7.43. The van der Waals surface area contributed by atoms with Gasteiger partial charge < -0.3 is 14.2 Å². The molecule has 0 aliphatic carbocycles. The molecule has 0 amide bonds. The molecule has 0 aliphatic heterocycles.